The molecule has 0 saturated carbocycles. The SMILES string of the molecule is CNc1cc([C@@H]2CCCN(C(=O)c3ccc4nc(C)[nH]c4c3)C2)ccn1. The van der Waals surface area contributed by atoms with E-state index in [1.54, 1.807) is 0 Å². The lowest BCUT2D eigenvalue weighted by molar-refractivity contribution is 0.0707. The zero-order valence-corrected chi connectivity index (χ0v) is 15.1. The number of nitrogens with one attached hydrogen (secondary N) is 2. The molecule has 3 heterocycles. The first-order valence-corrected chi connectivity index (χ1v) is 9.03. The molecule has 3 aromatic rings. The van der Waals surface area contributed by atoms with Crippen LogP contribution >= 0.6 is 0 Å². The molecule has 1 saturated heterocycles. The number of fused-ring (bicyclic) bond motifs is 1. The number of piperidine rings is 1. The van der Waals surface area contributed by atoms with Crippen LogP contribution in [0.2, 0.25) is 0 Å². The molecule has 1 amide bonds. The van der Waals surface area contributed by atoms with Gasteiger partial charge in [0, 0.05) is 37.8 Å². The van der Waals surface area contributed by atoms with Crippen LogP contribution < -0.4 is 5.32 Å². The Balaban J connectivity index is 1.55. The van der Waals surface area contributed by atoms with Crippen LogP contribution in [0.15, 0.2) is 36.5 Å². The first-order chi connectivity index (χ1) is 12.6. The molecule has 0 unspecified atom stereocenters. The number of H-pyrrole nitrogens is 1. The lowest BCUT2D eigenvalue weighted by Crippen LogP contribution is -2.39. The summed E-state index contributed by atoms with van der Waals surface area (Å²) in [6.07, 6.45) is 3.94. The highest BCUT2D eigenvalue weighted by Gasteiger charge is 2.26. The minimum absolute atomic E-state index is 0.0896. The van der Waals surface area contributed by atoms with Gasteiger partial charge >= 0.3 is 0 Å². The van der Waals surface area contributed by atoms with Gasteiger partial charge in [-0.15, -0.1) is 0 Å². The van der Waals surface area contributed by atoms with E-state index in [9.17, 15) is 4.79 Å². The van der Waals surface area contributed by atoms with Crippen LogP contribution in [-0.4, -0.2) is 45.9 Å². The predicted octanol–water partition coefficient (Wildman–Crippen LogP) is 3.33. The molecule has 1 aliphatic rings. The number of carbonyl (C=O) groups is 1. The van der Waals surface area contributed by atoms with Gasteiger partial charge in [0.2, 0.25) is 0 Å². The van der Waals surface area contributed by atoms with Gasteiger partial charge < -0.3 is 15.2 Å². The zero-order valence-electron chi connectivity index (χ0n) is 15.1. The number of aromatic amines is 1. The molecule has 26 heavy (non-hydrogen) atoms. The Labute approximate surface area is 152 Å². The maximum Gasteiger partial charge on any atom is 0.253 e. The summed E-state index contributed by atoms with van der Waals surface area (Å²) in [5, 5.41) is 3.08. The number of likely N-dealkylation sites (tertiary alicyclic amines) is 1. The molecule has 1 aliphatic heterocycles. The van der Waals surface area contributed by atoms with Gasteiger partial charge in [0.1, 0.15) is 11.6 Å². The van der Waals surface area contributed by atoms with Crippen LogP contribution in [0.4, 0.5) is 5.82 Å². The van der Waals surface area contributed by atoms with Crippen molar-refractivity contribution in [2.75, 3.05) is 25.5 Å². The number of anilines is 1. The molecule has 134 valence electrons. The van der Waals surface area contributed by atoms with E-state index in [1.165, 1.54) is 5.56 Å². The number of carbonyl (C=O) groups excluding carboxylic acids is 1. The molecular weight excluding hydrogens is 326 g/mol. The van der Waals surface area contributed by atoms with Gasteiger partial charge in [0.15, 0.2) is 0 Å². The number of aryl methyl sites for hydroxylation is 1. The van der Waals surface area contributed by atoms with Gasteiger partial charge in [-0.3, -0.25) is 4.79 Å². The Hall–Kier alpha value is -2.89. The quantitative estimate of drug-likeness (QED) is 0.761. The monoisotopic (exact) mass is 349 g/mol. The normalized spacial score (nSPS) is 17.5. The Morgan fingerprint density at radius 2 is 2.19 bits per heavy atom. The molecule has 1 atom stereocenters. The summed E-state index contributed by atoms with van der Waals surface area (Å²) in [5.74, 6) is 2.17. The second-order valence-electron chi connectivity index (χ2n) is 6.87. The van der Waals surface area contributed by atoms with E-state index >= 15 is 0 Å². The second kappa shape index (κ2) is 6.78. The van der Waals surface area contributed by atoms with Crippen LogP contribution in [0.25, 0.3) is 11.0 Å². The highest BCUT2D eigenvalue weighted by molar-refractivity contribution is 5.97. The Morgan fingerprint density at radius 1 is 1.31 bits per heavy atom. The van der Waals surface area contributed by atoms with Crippen molar-refractivity contribution >= 4 is 22.8 Å². The lowest BCUT2D eigenvalue weighted by Gasteiger charge is -2.33. The van der Waals surface area contributed by atoms with Crippen molar-refractivity contribution in [3.05, 3.63) is 53.5 Å². The molecule has 4 rings (SSSR count). The van der Waals surface area contributed by atoms with Gasteiger partial charge in [-0.05, 0) is 55.7 Å². The van der Waals surface area contributed by atoms with Crippen LogP contribution in [-0.2, 0) is 0 Å². The largest absolute Gasteiger partial charge is 0.373 e. The number of amides is 1. The fraction of sp³-hybridized carbons (Fsp3) is 0.350. The number of nitrogens with zero attached hydrogens (tertiary/aromatic N) is 3. The van der Waals surface area contributed by atoms with E-state index in [-0.39, 0.29) is 5.91 Å². The smallest absolute Gasteiger partial charge is 0.253 e. The van der Waals surface area contributed by atoms with Gasteiger partial charge in [0.25, 0.3) is 5.91 Å². The van der Waals surface area contributed by atoms with Crippen molar-refractivity contribution in [1.82, 2.24) is 19.9 Å². The van der Waals surface area contributed by atoms with Gasteiger partial charge in [0.05, 0.1) is 11.0 Å². The topological polar surface area (TPSA) is 73.9 Å². The summed E-state index contributed by atoms with van der Waals surface area (Å²) >= 11 is 0. The van der Waals surface area contributed by atoms with Crippen LogP contribution in [0.5, 0.6) is 0 Å². The molecule has 1 aromatic carbocycles. The Kier molecular flexibility index (Phi) is 4.32. The minimum Gasteiger partial charge on any atom is -0.373 e. The third kappa shape index (κ3) is 3.14. The maximum atomic E-state index is 13.0. The van der Waals surface area contributed by atoms with E-state index in [2.05, 4.69) is 32.4 Å². The highest BCUT2D eigenvalue weighted by atomic mass is 16.2. The Bertz CT molecular complexity index is 948. The average molecular weight is 349 g/mol. The maximum absolute atomic E-state index is 13.0. The van der Waals surface area contributed by atoms with E-state index in [1.807, 2.05) is 43.3 Å². The Morgan fingerprint density at radius 3 is 3.04 bits per heavy atom. The van der Waals surface area contributed by atoms with Crippen molar-refractivity contribution in [3.63, 3.8) is 0 Å². The first-order valence-electron chi connectivity index (χ1n) is 9.03. The van der Waals surface area contributed by atoms with E-state index in [4.69, 9.17) is 0 Å². The first kappa shape index (κ1) is 16.6. The van der Waals surface area contributed by atoms with Crippen molar-refractivity contribution in [2.24, 2.45) is 0 Å². The van der Waals surface area contributed by atoms with Gasteiger partial charge in [-0.25, -0.2) is 9.97 Å². The zero-order chi connectivity index (χ0) is 18.1. The van der Waals surface area contributed by atoms with Crippen LogP contribution in [0.1, 0.15) is 40.5 Å². The summed E-state index contributed by atoms with van der Waals surface area (Å²) < 4.78 is 0. The molecule has 6 heteroatoms. The fourth-order valence-corrected chi connectivity index (χ4v) is 3.72. The number of hydrogen-bond acceptors (Lipinski definition) is 4. The number of benzene rings is 1. The molecule has 2 aromatic heterocycles. The molecule has 0 radical (unpaired) electrons. The van der Waals surface area contributed by atoms with E-state index in [0.717, 1.165) is 48.6 Å². The third-order valence-electron chi connectivity index (χ3n) is 5.07. The highest BCUT2D eigenvalue weighted by Crippen LogP contribution is 2.29. The van der Waals surface area contributed by atoms with Crippen LogP contribution in [0, 0.1) is 6.92 Å². The number of hydrogen-bond donors (Lipinski definition) is 2. The lowest BCUT2D eigenvalue weighted by atomic mass is 9.90. The number of aromatic nitrogens is 3. The minimum atomic E-state index is 0.0896. The fourth-order valence-electron chi connectivity index (χ4n) is 3.72. The molecule has 1 fully saturated rings. The molecule has 0 aliphatic carbocycles. The van der Waals surface area contributed by atoms with Crippen molar-refractivity contribution < 1.29 is 4.79 Å². The molecule has 0 bridgehead atoms. The number of rotatable bonds is 3. The summed E-state index contributed by atoms with van der Waals surface area (Å²) in [6.45, 7) is 3.47. The summed E-state index contributed by atoms with van der Waals surface area (Å²) in [5.41, 5.74) is 3.76. The second-order valence-corrected chi connectivity index (χ2v) is 6.87. The summed E-state index contributed by atoms with van der Waals surface area (Å²) in [6, 6.07) is 9.83. The average Bonchev–Trinajstić information content (AvgIpc) is 3.06. The van der Waals surface area contributed by atoms with Crippen molar-refractivity contribution in [2.45, 2.75) is 25.7 Å². The number of pyridine rings is 1. The van der Waals surface area contributed by atoms with Gasteiger partial charge in [-0.2, -0.15) is 0 Å². The molecule has 6 nitrogen and oxygen atoms in total. The van der Waals surface area contributed by atoms with Crippen molar-refractivity contribution in [1.29, 1.82) is 0 Å². The third-order valence-corrected chi connectivity index (χ3v) is 5.07. The standard InChI is InChI=1S/C20H23N5O/c1-13-23-17-6-5-15(10-18(17)24-13)20(26)25-9-3-4-16(12-25)14-7-8-22-19(11-14)21-2/h5-8,10-11,16H,3-4,9,12H2,1-2H3,(H,21,22)(H,23,24)/t16-/m1/s1. The van der Waals surface area contributed by atoms with Gasteiger partial charge in [-0.1, -0.05) is 0 Å². The molecular formula is C20H23N5O. The van der Waals surface area contributed by atoms with Crippen molar-refractivity contribution in [3.8, 4) is 0 Å². The number of imidazole rings is 1. The van der Waals surface area contributed by atoms with Crippen LogP contribution in [0.3, 0.4) is 0 Å². The van der Waals surface area contributed by atoms with E-state index < -0.39 is 0 Å². The summed E-state index contributed by atoms with van der Waals surface area (Å²) in [4.78, 5) is 26.9. The molecule has 2 N–H and O–H groups in total. The van der Waals surface area contributed by atoms with E-state index in [0.29, 0.717) is 11.5 Å². The summed E-state index contributed by atoms with van der Waals surface area (Å²) in [7, 11) is 1.87. The molecule has 0 spiro atoms. The predicted molar refractivity (Wildman–Crippen MR) is 102 cm³/mol.